The first-order chi connectivity index (χ1) is 9.38. The summed E-state index contributed by atoms with van der Waals surface area (Å²) in [6, 6.07) is 16.0. The molecule has 2 N–H and O–H groups in total. The summed E-state index contributed by atoms with van der Waals surface area (Å²) < 4.78 is 5.72. The third-order valence-electron chi connectivity index (χ3n) is 3.03. The lowest BCUT2D eigenvalue weighted by atomic mass is 10.0. The van der Waals surface area contributed by atoms with Crippen LogP contribution in [-0.4, -0.2) is 4.98 Å². The van der Waals surface area contributed by atoms with Crippen molar-refractivity contribution in [2.24, 2.45) is 5.73 Å². The van der Waals surface area contributed by atoms with Gasteiger partial charge in [-0.15, -0.1) is 0 Å². The number of nitrogens with two attached hydrogens (primary N) is 1. The number of rotatable bonds is 3. The molecule has 3 nitrogen and oxygen atoms in total. The van der Waals surface area contributed by atoms with Crippen molar-refractivity contribution in [1.82, 2.24) is 4.98 Å². The molecule has 94 valence electrons. The van der Waals surface area contributed by atoms with Crippen LogP contribution in [-0.2, 0) is 6.54 Å². The zero-order chi connectivity index (χ0) is 13.1. The Kier molecular flexibility index (Phi) is 3.12. The molecular weight excluding hydrogens is 236 g/mol. The molecule has 0 atom stereocenters. The summed E-state index contributed by atoms with van der Waals surface area (Å²) >= 11 is 0. The first-order valence-corrected chi connectivity index (χ1v) is 6.17. The summed E-state index contributed by atoms with van der Waals surface area (Å²) in [4.78, 5) is 4.19. The molecule has 0 fully saturated rings. The van der Waals surface area contributed by atoms with Crippen LogP contribution in [0.15, 0.2) is 65.3 Å². The third-order valence-corrected chi connectivity index (χ3v) is 3.03. The number of furan rings is 1. The molecule has 0 spiro atoms. The highest BCUT2D eigenvalue weighted by molar-refractivity contribution is 5.80. The molecule has 0 radical (unpaired) electrons. The van der Waals surface area contributed by atoms with Crippen molar-refractivity contribution in [3.8, 4) is 22.5 Å². The monoisotopic (exact) mass is 250 g/mol. The fraction of sp³-hybridized carbons (Fsp3) is 0.0625. The van der Waals surface area contributed by atoms with Gasteiger partial charge in [-0.1, -0.05) is 30.3 Å². The second-order valence-electron chi connectivity index (χ2n) is 4.26. The molecule has 3 aromatic rings. The van der Waals surface area contributed by atoms with Crippen molar-refractivity contribution < 1.29 is 4.42 Å². The van der Waals surface area contributed by atoms with E-state index in [0.717, 1.165) is 28.2 Å². The van der Waals surface area contributed by atoms with E-state index in [2.05, 4.69) is 17.1 Å². The van der Waals surface area contributed by atoms with Gasteiger partial charge < -0.3 is 10.2 Å². The van der Waals surface area contributed by atoms with Crippen molar-refractivity contribution >= 4 is 0 Å². The summed E-state index contributed by atoms with van der Waals surface area (Å²) in [7, 11) is 0. The molecular formula is C16H14N2O. The number of nitrogens with zero attached hydrogens (tertiary/aromatic N) is 1. The van der Waals surface area contributed by atoms with Gasteiger partial charge in [0.2, 0.25) is 0 Å². The van der Waals surface area contributed by atoms with E-state index in [4.69, 9.17) is 10.2 Å². The lowest BCUT2D eigenvalue weighted by Gasteiger charge is -2.06. The predicted octanol–water partition coefficient (Wildman–Crippen LogP) is 3.47. The Morgan fingerprint density at radius 2 is 1.79 bits per heavy atom. The van der Waals surface area contributed by atoms with Crippen LogP contribution in [0.3, 0.4) is 0 Å². The SMILES string of the molecule is NCc1ccc(-c2cnccc2-c2ccccc2)o1. The van der Waals surface area contributed by atoms with Gasteiger partial charge in [0.25, 0.3) is 0 Å². The van der Waals surface area contributed by atoms with Crippen LogP contribution in [0, 0.1) is 0 Å². The van der Waals surface area contributed by atoms with Crippen LogP contribution in [0.1, 0.15) is 5.76 Å². The van der Waals surface area contributed by atoms with Crippen LogP contribution in [0.4, 0.5) is 0 Å². The molecule has 0 aliphatic heterocycles. The smallest absolute Gasteiger partial charge is 0.136 e. The quantitative estimate of drug-likeness (QED) is 0.774. The summed E-state index contributed by atoms with van der Waals surface area (Å²) in [6.45, 7) is 0.404. The minimum Gasteiger partial charge on any atom is -0.460 e. The molecule has 3 rings (SSSR count). The van der Waals surface area contributed by atoms with Crippen LogP contribution < -0.4 is 5.73 Å². The number of benzene rings is 1. The highest BCUT2D eigenvalue weighted by Crippen LogP contribution is 2.32. The van der Waals surface area contributed by atoms with E-state index < -0.39 is 0 Å². The summed E-state index contributed by atoms with van der Waals surface area (Å²) in [6.07, 6.45) is 3.61. The Morgan fingerprint density at radius 1 is 0.947 bits per heavy atom. The Balaban J connectivity index is 2.12. The van der Waals surface area contributed by atoms with Crippen molar-refractivity contribution in [2.45, 2.75) is 6.54 Å². The first-order valence-electron chi connectivity index (χ1n) is 6.17. The van der Waals surface area contributed by atoms with Crippen molar-refractivity contribution in [3.63, 3.8) is 0 Å². The van der Waals surface area contributed by atoms with E-state index in [9.17, 15) is 0 Å². The fourth-order valence-electron chi connectivity index (χ4n) is 2.09. The summed E-state index contributed by atoms with van der Waals surface area (Å²) in [5.41, 5.74) is 8.81. The highest BCUT2D eigenvalue weighted by Gasteiger charge is 2.10. The van der Waals surface area contributed by atoms with Gasteiger partial charge in [0.15, 0.2) is 0 Å². The van der Waals surface area contributed by atoms with Crippen LogP contribution in [0.25, 0.3) is 22.5 Å². The molecule has 0 unspecified atom stereocenters. The topological polar surface area (TPSA) is 52.0 Å². The maximum Gasteiger partial charge on any atom is 0.136 e. The van der Waals surface area contributed by atoms with E-state index in [0.29, 0.717) is 6.54 Å². The van der Waals surface area contributed by atoms with Gasteiger partial charge in [-0.05, 0) is 29.3 Å². The van der Waals surface area contributed by atoms with E-state index in [1.165, 1.54) is 0 Å². The third kappa shape index (κ3) is 2.28. The molecule has 3 heteroatoms. The van der Waals surface area contributed by atoms with E-state index in [-0.39, 0.29) is 0 Å². The second-order valence-corrected chi connectivity index (χ2v) is 4.26. The Hall–Kier alpha value is -2.39. The maximum absolute atomic E-state index is 5.72. The van der Waals surface area contributed by atoms with Crippen LogP contribution >= 0.6 is 0 Å². The standard InChI is InChI=1S/C16H14N2O/c17-10-13-6-7-16(19-13)15-11-18-9-8-14(15)12-4-2-1-3-5-12/h1-9,11H,10,17H2. The van der Waals surface area contributed by atoms with Crippen molar-refractivity contribution in [2.75, 3.05) is 0 Å². The summed E-state index contributed by atoms with van der Waals surface area (Å²) in [5, 5.41) is 0. The van der Waals surface area contributed by atoms with Gasteiger partial charge in [-0.3, -0.25) is 4.98 Å². The zero-order valence-corrected chi connectivity index (χ0v) is 10.4. The Bertz CT molecular complexity index is 674. The van der Waals surface area contributed by atoms with Gasteiger partial charge in [-0.25, -0.2) is 0 Å². The molecule has 0 bridgehead atoms. The van der Waals surface area contributed by atoms with E-state index >= 15 is 0 Å². The van der Waals surface area contributed by atoms with Gasteiger partial charge in [0.05, 0.1) is 6.54 Å². The highest BCUT2D eigenvalue weighted by atomic mass is 16.3. The zero-order valence-electron chi connectivity index (χ0n) is 10.4. The van der Waals surface area contributed by atoms with Crippen molar-refractivity contribution in [1.29, 1.82) is 0 Å². The molecule has 2 heterocycles. The normalized spacial score (nSPS) is 10.6. The Morgan fingerprint density at radius 3 is 2.53 bits per heavy atom. The first kappa shape index (κ1) is 11.7. The van der Waals surface area contributed by atoms with Gasteiger partial charge in [0.1, 0.15) is 11.5 Å². The Labute approximate surface area is 111 Å². The average molecular weight is 250 g/mol. The number of hydrogen-bond acceptors (Lipinski definition) is 3. The average Bonchev–Trinajstić information content (AvgIpc) is 2.97. The lowest BCUT2D eigenvalue weighted by Crippen LogP contribution is -1.92. The number of aromatic nitrogens is 1. The maximum atomic E-state index is 5.72. The van der Waals surface area contributed by atoms with Gasteiger partial charge >= 0.3 is 0 Å². The summed E-state index contributed by atoms with van der Waals surface area (Å²) in [5.74, 6) is 1.57. The van der Waals surface area contributed by atoms with Crippen LogP contribution in [0.2, 0.25) is 0 Å². The van der Waals surface area contributed by atoms with E-state index in [1.54, 1.807) is 6.20 Å². The minimum atomic E-state index is 0.404. The molecule has 2 aromatic heterocycles. The molecule has 0 aliphatic rings. The second kappa shape index (κ2) is 5.08. The lowest BCUT2D eigenvalue weighted by molar-refractivity contribution is 0.525. The van der Waals surface area contributed by atoms with Crippen molar-refractivity contribution in [3.05, 3.63) is 66.7 Å². The molecule has 19 heavy (non-hydrogen) atoms. The number of pyridine rings is 1. The molecule has 1 aromatic carbocycles. The molecule has 0 amide bonds. The predicted molar refractivity (Wildman–Crippen MR) is 75.3 cm³/mol. The van der Waals surface area contributed by atoms with Crippen LogP contribution in [0.5, 0.6) is 0 Å². The largest absolute Gasteiger partial charge is 0.460 e. The minimum absolute atomic E-state index is 0.404. The van der Waals surface area contributed by atoms with E-state index in [1.807, 2.05) is 42.6 Å². The van der Waals surface area contributed by atoms with Gasteiger partial charge in [-0.2, -0.15) is 0 Å². The van der Waals surface area contributed by atoms with Gasteiger partial charge in [0, 0.05) is 18.0 Å². The fourth-order valence-corrected chi connectivity index (χ4v) is 2.09. The molecule has 0 saturated heterocycles. The molecule has 0 aliphatic carbocycles. The molecule has 0 saturated carbocycles. The number of hydrogen-bond donors (Lipinski definition) is 1.